The molecule has 0 spiro atoms. The van der Waals surface area contributed by atoms with Gasteiger partial charge in [-0.15, -0.1) is 0 Å². The molecule has 3 rings (SSSR count). The molecule has 1 saturated carbocycles. The van der Waals surface area contributed by atoms with Crippen molar-refractivity contribution >= 4 is 11.6 Å². The molecule has 0 radical (unpaired) electrons. The fourth-order valence-electron chi connectivity index (χ4n) is 2.67. The van der Waals surface area contributed by atoms with Crippen molar-refractivity contribution in [3.8, 4) is 0 Å². The Hall–Kier alpha value is -1.62. The van der Waals surface area contributed by atoms with Crippen LogP contribution in [-0.4, -0.2) is 36.6 Å². The number of nitrogens with zero attached hydrogens (tertiary/aromatic N) is 1. The van der Waals surface area contributed by atoms with E-state index in [1.54, 1.807) is 0 Å². The van der Waals surface area contributed by atoms with E-state index in [9.17, 15) is 9.18 Å². The van der Waals surface area contributed by atoms with Gasteiger partial charge in [0.25, 0.3) is 5.91 Å². The van der Waals surface area contributed by atoms with Gasteiger partial charge in [-0.1, -0.05) is 0 Å². The van der Waals surface area contributed by atoms with E-state index in [0.717, 1.165) is 32.5 Å². The fourth-order valence-corrected chi connectivity index (χ4v) is 2.67. The number of anilines is 1. The molecule has 1 aliphatic heterocycles. The first-order valence-electron chi connectivity index (χ1n) is 7.09. The van der Waals surface area contributed by atoms with Gasteiger partial charge in [-0.25, -0.2) is 4.39 Å². The minimum Gasteiger partial charge on any atom is -0.398 e. The zero-order chi connectivity index (χ0) is 14.1. The molecule has 1 heterocycles. The first-order chi connectivity index (χ1) is 9.65. The third-order valence-corrected chi connectivity index (χ3v) is 3.97. The normalized spacial score (nSPS) is 21.9. The number of hydrogen-bond acceptors (Lipinski definition) is 3. The summed E-state index contributed by atoms with van der Waals surface area (Å²) in [6.45, 7) is 2.20. The Kier molecular flexibility index (Phi) is 3.61. The number of ether oxygens (including phenoxy) is 1. The number of halogens is 1. The molecular weight excluding hydrogens is 259 g/mol. The Morgan fingerprint density at radius 3 is 2.80 bits per heavy atom. The van der Waals surface area contributed by atoms with E-state index in [1.807, 2.05) is 4.90 Å². The zero-order valence-corrected chi connectivity index (χ0v) is 11.3. The van der Waals surface area contributed by atoms with Gasteiger partial charge >= 0.3 is 0 Å². The Morgan fingerprint density at radius 1 is 1.40 bits per heavy atom. The van der Waals surface area contributed by atoms with Crippen molar-refractivity contribution in [1.82, 2.24) is 4.90 Å². The second kappa shape index (κ2) is 5.40. The minimum absolute atomic E-state index is 0.0862. The van der Waals surface area contributed by atoms with E-state index in [4.69, 9.17) is 10.5 Å². The van der Waals surface area contributed by atoms with Gasteiger partial charge in [0, 0.05) is 30.8 Å². The van der Waals surface area contributed by atoms with Crippen LogP contribution in [0.2, 0.25) is 0 Å². The van der Waals surface area contributed by atoms with E-state index in [2.05, 4.69) is 0 Å². The van der Waals surface area contributed by atoms with Crippen LogP contribution in [0.25, 0.3) is 0 Å². The second-order valence-corrected chi connectivity index (χ2v) is 5.65. The maximum atomic E-state index is 13.1. The van der Waals surface area contributed by atoms with Crippen LogP contribution >= 0.6 is 0 Å². The predicted octanol–water partition coefficient (Wildman–Crippen LogP) is 2.05. The molecule has 2 N–H and O–H groups in total. The molecule has 1 aromatic carbocycles. The first-order valence-corrected chi connectivity index (χ1v) is 7.09. The van der Waals surface area contributed by atoms with Crippen molar-refractivity contribution < 1.29 is 13.9 Å². The lowest BCUT2D eigenvalue weighted by Crippen LogP contribution is -2.37. The van der Waals surface area contributed by atoms with Gasteiger partial charge in [0.2, 0.25) is 0 Å². The SMILES string of the molecule is Nc1cc(F)ccc1C(=O)N(CC1CCOC1)C1CC1. The number of nitrogens with two attached hydrogens (primary N) is 1. The van der Waals surface area contributed by atoms with Crippen LogP contribution in [0, 0.1) is 11.7 Å². The highest BCUT2D eigenvalue weighted by Gasteiger charge is 2.35. The molecule has 5 heteroatoms. The number of carbonyl (C=O) groups excluding carboxylic acids is 1. The summed E-state index contributed by atoms with van der Waals surface area (Å²) in [5.74, 6) is -0.0978. The monoisotopic (exact) mass is 278 g/mol. The largest absolute Gasteiger partial charge is 0.398 e. The molecule has 1 atom stereocenters. The molecule has 0 bridgehead atoms. The number of benzene rings is 1. The van der Waals surface area contributed by atoms with Crippen LogP contribution in [0.4, 0.5) is 10.1 Å². The summed E-state index contributed by atoms with van der Waals surface area (Å²) in [5, 5.41) is 0. The lowest BCUT2D eigenvalue weighted by Gasteiger charge is -2.25. The van der Waals surface area contributed by atoms with Gasteiger partial charge in [0.05, 0.1) is 12.2 Å². The van der Waals surface area contributed by atoms with Crippen LogP contribution in [-0.2, 0) is 4.74 Å². The quantitative estimate of drug-likeness (QED) is 0.858. The van der Waals surface area contributed by atoms with Crippen LogP contribution in [0.1, 0.15) is 29.6 Å². The average Bonchev–Trinajstić information content (AvgIpc) is 3.12. The smallest absolute Gasteiger partial charge is 0.256 e. The van der Waals surface area contributed by atoms with Crippen molar-refractivity contribution in [2.24, 2.45) is 5.92 Å². The van der Waals surface area contributed by atoms with Crippen LogP contribution < -0.4 is 5.73 Å². The summed E-state index contributed by atoms with van der Waals surface area (Å²) in [4.78, 5) is 14.5. The van der Waals surface area contributed by atoms with Crippen molar-refractivity contribution in [3.63, 3.8) is 0 Å². The van der Waals surface area contributed by atoms with Crippen molar-refractivity contribution in [2.45, 2.75) is 25.3 Å². The number of carbonyl (C=O) groups is 1. The fraction of sp³-hybridized carbons (Fsp3) is 0.533. The number of nitrogen functional groups attached to an aromatic ring is 1. The molecule has 0 aromatic heterocycles. The Bertz CT molecular complexity index is 511. The van der Waals surface area contributed by atoms with Crippen LogP contribution in [0.15, 0.2) is 18.2 Å². The standard InChI is InChI=1S/C15H19FN2O2/c16-11-1-4-13(14(17)7-11)15(19)18(12-2-3-12)8-10-5-6-20-9-10/h1,4,7,10,12H,2-3,5-6,8-9,17H2. The topological polar surface area (TPSA) is 55.6 Å². The van der Waals surface area contributed by atoms with E-state index in [-0.39, 0.29) is 11.6 Å². The molecule has 2 aliphatic rings. The van der Waals surface area contributed by atoms with Gasteiger partial charge in [0.15, 0.2) is 0 Å². The lowest BCUT2D eigenvalue weighted by atomic mass is 10.1. The summed E-state index contributed by atoms with van der Waals surface area (Å²) in [7, 11) is 0. The molecule has 1 saturated heterocycles. The highest BCUT2D eigenvalue weighted by atomic mass is 19.1. The first kappa shape index (κ1) is 13.4. The van der Waals surface area contributed by atoms with E-state index in [1.165, 1.54) is 18.2 Å². The molecule has 2 fully saturated rings. The summed E-state index contributed by atoms with van der Waals surface area (Å²) < 4.78 is 18.5. The highest BCUT2D eigenvalue weighted by Crippen LogP contribution is 2.31. The van der Waals surface area contributed by atoms with E-state index in [0.29, 0.717) is 24.1 Å². The summed E-state index contributed by atoms with van der Waals surface area (Å²) >= 11 is 0. The van der Waals surface area contributed by atoms with Crippen molar-refractivity contribution in [2.75, 3.05) is 25.5 Å². The number of hydrogen-bond donors (Lipinski definition) is 1. The maximum absolute atomic E-state index is 13.1. The van der Waals surface area contributed by atoms with Crippen molar-refractivity contribution in [3.05, 3.63) is 29.6 Å². The second-order valence-electron chi connectivity index (χ2n) is 5.65. The highest BCUT2D eigenvalue weighted by molar-refractivity contribution is 5.99. The molecule has 20 heavy (non-hydrogen) atoms. The summed E-state index contributed by atoms with van der Waals surface area (Å²) in [5.41, 5.74) is 6.39. The van der Waals surface area contributed by atoms with Gasteiger partial charge in [-0.3, -0.25) is 4.79 Å². The summed E-state index contributed by atoms with van der Waals surface area (Å²) in [6, 6.07) is 4.28. The molecule has 1 unspecified atom stereocenters. The Balaban J connectivity index is 1.77. The van der Waals surface area contributed by atoms with E-state index < -0.39 is 5.82 Å². The predicted molar refractivity (Wildman–Crippen MR) is 73.8 cm³/mol. The molecule has 1 aliphatic carbocycles. The van der Waals surface area contributed by atoms with Crippen LogP contribution in [0.5, 0.6) is 0 Å². The number of amides is 1. The van der Waals surface area contributed by atoms with E-state index >= 15 is 0 Å². The average molecular weight is 278 g/mol. The van der Waals surface area contributed by atoms with Gasteiger partial charge in [0.1, 0.15) is 5.82 Å². The third-order valence-electron chi connectivity index (χ3n) is 3.97. The van der Waals surface area contributed by atoms with Gasteiger partial charge < -0.3 is 15.4 Å². The maximum Gasteiger partial charge on any atom is 0.256 e. The molecule has 1 amide bonds. The van der Waals surface area contributed by atoms with Crippen molar-refractivity contribution in [1.29, 1.82) is 0 Å². The third kappa shape index (κ3) is 2.77. The lowest BCUT2D eigenvalue weighted by molar-refractivity contribution is 0.0707. The number of rotatable bonds is 4. The van der Waals surface area contributed by atoms with Crippen LogP contribution in [0.3, 0.4) is 0 Å². The summed E-state index contributed by atoms with van der Waals surface area (Å²) in [6.07, 6.45) is 3.08. The van der Waals surface area contributed by atoms with Gasteiger partial charge in [-0.05, 0) is 37.5 Å². The Morgan fingerprint density at radius 2 is 2.20 bits per heavy atom. The molecule has 1 aromatic rings. The van der Waals surface area contributed by atoms with Gasteiger partial charge in [-0.2, -0.15) is 0 Å². The molecule has 108 valence electrons. The Labute approximate surface area is 117 Å². The zero-order valence-electron chi connectivity index (χ0n) is 11.3. The molecule has 4 nitrogen and oxygen atoms in total. The minimum atomic E-state index is -0.416. The molecular formula is C15H19FN2O2.